The van der Waals surface area contributed by atoms with Crippen molar-refractivity contribution >= 4 is 23.2 Å². The van der Waals surface area contributed by atoms with Gasteiger partial charge >= 0.3 is 0 Å². The number of furan rings is 1. The van der Waals surface area contributed by atoms with Crippen LogP contribution in [0.3, 0.4) is 0 Å². The predicted octanol–water partition coefficient (Wildman–Crippen LogP) is 2.46. The lowest BCUT2D eigenvalue weighted by Crippen LogP contribution is -2.51. The van der Waals surface area contributed by atoms with Gasteiger partial charge in [-0.15, -0.1) is 11.3 Å². The van der Waals surface area contributed by atoms with Crippen molar-refractivity contribution in [2.24, 2.45) is 0 Å². The Morgan fingerprint density at radius 3 is 2.69 bits per heavy atom. The van der Waals surface area contributed by atoms with Gasteiger partial charge in [-0.1, -0.05) is 6.07 Å². The Morgan fingerprint density at radius 1 is 1.15 bits per heavy atom. The van der Waals surface area contributed by atoms with E-state index in [1.54, 1.807) is 17.4 Å². The van der Waals surface area contributed by atoms with Crippen LogP contribution in [0, 0.1) is 0 Å². The highest BCUT2D eigenvalue weighted by Gasteiger charge is 2.32. The molecule has 7 heteroatoms. The smallest absolute Gasteiger partial charge is 0.257 e. The van der Waals surface area contributed by atoms with Gasteiger partial charge in [-0.25, -0.2) is 0 Å². The molecule has 2 saturated heterocycles. The molecule has 26 heavy (non-hydrogen) atoms. The van der Waals surface area contributed by atoms with Gasteiger partial charge in [-0.3, -0.25) is 14.5 Å². The number of amides is 2. The average molecular weight is 373 g/mol. The van der Waals surface area contributed by atoms with Gasteiger partial charge in [0.2, 0.25) is 5.91 Å². The summed E-state index contributed by atoms with van der Waals surface area (Å²) in [6.07, 6.45) is 5.12. The quantitative estimate of drug-likeness (QED) is 0.826. The highest BCUT2D eigenvalue weighted by atomic mass is 32.1. The predicted molar refractivity (Wildman–Crippen MR) is 99.1 cm³/mol. The first-order valence-corrected chi connectivity index (χ1v) is 9.97. The molecule has 2 fully saturated rings. The van der Waals surface area contributed by atoms with E-state index in [2.05, 4.69) is 22.4 Å². The van der Waals surface area contributed by atoms with Crippen LogP contribution in [0.5, 0.6) is 0 Å². The van der Waals surface area contributed by atoms with E-state index in [1.165, 1.54) is 17.4 Å². The van der Waals surface area contributed by atoms with Crippen molar-refractivity contribution in [3.8, 4) is 0 Å². The third kappa shape index (κ3) is 3.54. The molecule has 2 aromatic rings. The van der Waals surface area contributed by atoms with Gasteiger partial charge in [0.15, 0.2) is 0 Å². The largest absolute Gasteiger partial charge is 0.472 e. The monoisotopic (exact) mass is 373 g/mol. The number of hydrogen-bond donors (Lipinski definition) is 0. The van der Waals surface area contributed by atoms with Crippen molar-refractivity contribution in [1.29, 1.82) is 0 Å². The molecule has 0 bridgehead atoms. The Hall–Kier alpha value is -2.12. The molecule has 0 aliphatic carbocycles. The number of rotatable bonds is 4. The number of hydrogen-bond acceptors (Lipinski definition) is 5. The zero-order valence-electron chi connectivity index (χ0n) is 14.7. The van der Waals surface area contributed by atoms with E-state index in [4.69, 9.17) is 4.42 Å². The van der Waals surface area contributed by atoms with Crippen molar-refractivity contribution in [2.45, 2.75) is 18.9 Å². The first kappa shape index (κ1) is 17.3. The Labute approximate surface area is 157 Å². The fourth-order valence-electron chi connectivity index (χ4n) is 3.80. The zero-order chi connectivity index (χ0) is 17.9. The molecule has 2 amide bonds. The van der Waals surface area contributed by atoms with Crippen LogP contribution >= 0.6 is 11.3 Å². The van der Waals surface area contributed by atoms with E-state index >= 15 is 0 Å². The van der Waals surface area contributed by atoms with Crippen LogP contribution in [0.4, 0.5) is 0 Å². The summed E-state index contributed by atoms with van der Waals surface area (Å²) in [5.74, 6) is 0.206. The molecule has 2 aliphatic rings. The van der Waals surface area contributed by atoms with Crippen LogP contribution in [0.25, 0.3) is 0 Å². The van der Waals surface area contributed by atoms with Gasteiger partial charge in [0, 0.05) is 37.6 Å². The summed E-state index contributed by atoms with van der Waals surface area (Å²) in [7, 11) is 0. The van der Waals surface area contributed by atoms with E-state index in [-0.39, 0.29) is 17.9 Å². The van der Waals surface area contributed by atoms with Crippen molar-refractivity contribution in [3.05, 3.63) is 46.5 Å². The number of carbonyl (C=O) groups excluding carboxylic acids is 2. The lowest BCUT2D eigenvalue weighted by atomic mass is 10.2. The maximum absolute atomic E-state index is 12.8. The van der Waals surface area contributed by atoms with Crippen LogP contribution in [0.2, 0.25) is 0 Å². The molecule has 2 aromatic heterocycles. The summed E-state index contributed by atoms with van der Waals surface area (Å²) in [5, 5.41) is 2.08. The molecule has 0 saturated carbocycles. The first-order chi connectivity index (χ1) is 12.7. The molecule has 1 atom stereocenters. The maximum atomic E-state index is 12.8. The second-order valence-corrected chi connectivity index (χ2v) is 7.82. The number of thiophene rings is 1. The lowest BCUT2D eigenvalue weighted by molar-refractivity contribution is -0.133. The van der Waals surface area contributed by atoms with Crippen LogP contribution < -0.4 is 0 Å². The normalized spacial score (nSPS) is 21.3. The van der Waals surface area contributed by atoms with Gasteiger partial charge < -0.3 is 14.2 Å². The third-order valence-electron chi connectivity index (χ3n) is 5.23. The SMILES string of the molecule is O=C(c1ccoc1)N1CCN(CC(=O)N2CCCC2c2cccs2)CC1. The van der Waals surface area contributed by atoms with Crippen molar-refractivity contribution in [3.63, 3.8) is 0 Å². The molecular weight excluding hydrogens is 350 g/mol. The Morgan fingerprint density at radius 2 is 2.00 bits per heavy atom. The van der Waals surface area contributed by atoms with Crippen LogP contribution in [0.1, 0.15) is 34.1 Å². The first-order valence-electron chi connectivity index (χ1n) is 9.09. The molecule has 2 aliphatic heterocycles. The topological polar surface area (TPSA) is 57.0 Å². The van der Waals surface area contributed by atoms with E-state index in [0.29, 0.717) is 25.2 Å². The fraction of sp³-hybridized carbons (Fsp3) is 0.474. The fourth-order valence-corrected chi connectivity index (χ4v) is 4.68. The second kappa shape index (κ2) is 7.63. The van der Waals surface area contributed by atoms with Crippen LogP contribution in [-0.2, 0) is 4.79 Å². The van der Waals surface area contributed by atoms with E-state index in [0.717, 1.165) is 32.5 Å². The summed E-state index contributed by atoms with van der Waals surface area (Å²) >= 11 is 1.73. The van der Waals surface area contributed by atoms with Gasteiger partial charge in [-0.05, 0) is 30.4 Å². The van der Waals surface area contributed by atoms with E-state index < -0.39 is 0 Å². The van der Waals surface area contributed by atoms with Gasteiger partial charge in [0.25, 0.3) is 5.91 Å². The Bertz CT molecular complexity index is 736. The van der Waals surface area contributed by atoms with Gasteiger partial charge in [0.05, 0.1) is 24.4 Å². The minimum Gasteiger partial charge on any atom is -0.472 e. The van der Waals surface area contributed by atoms with Gasteiger partial charge in [-0.2, -0.15) is 0 Å². The minimum absolute atomic E-state index is 0.00188. The highest BCUT2D eigenvalue weighted by molar-refractivity contribution is 7.10. The number of carbonyl (C=O) groups is 2. The second-order valence-electron chi connectivity index (χ2n) is 6.84. The standard InChI is InChI=1S/C19H23N3O3S/c23-18(22-6-1-3-16(22)17-4-2-12-26-17)13-20-7-9-21(10-8-20)19(24)15-5-11-25-14-15/h2,4-5,11-12,14,16H,1,3,6-10,13H2. The highest BCUT2D eigenvalue weighted by Crippen LogP contribution is 2.34. The van der Waals surface area contributed by atoms with E-state index in [9.17, 15) is 9.59 Å². The summed E-state index contributed by atoms with van der Waals surface area (Å²) < 4.78 is 4.99. The average Bonchev–Trinajstić information content (AvgIpc) is 3.43. The Kier molecular flexibility index (Phi) is 5.08. The molecule has 138 valence electrons. The number of nitrogens with zero attached hydrogens (tertiary/aromatic N) is 3. The molecule has 4 heterocycles. The summed E-state index contributed by atoms with van der Waals surface area (Å²) in [6.45, 7) is 4.03. The van der Waals surface area contributed by atoms with Crippen molar-refractivity contribution in [2.75, 3.05) is 39.3 Å². The third-order valence-corrected chi connectivity index (χ3v) is 6.20. The molecular formula is C19H23N3O3S. The van der Waals surface area contributed by atoms with Crippen LogP contribution in [0.15, 0.2) is 40.5 Å². The molecule has 1 unspecified atom stereocenters. The lowest BCUT2D eigenvalue weighted by Gasteiger charge is -2.35. The molecule has 0 aromatic carbocycles. The minimum atomic E-state index is 0.00188. The summed E-state index contributed by atoms with van der Waals surface area (Å²) in [4.78, 5) is 32.5. The number of piperazine rings is 1. The number of likely N-dealkylation sites (tertiary alicyclic amines) is 1. The Balaban J connectivity index is 1.30. The molecule has 0 N–H and O–H groups in total. The maximum Gasteiger partial charge on any atom is 0.257 e. The summed E-state index contributed by atoms with van der Waals surface area (Å²) in [5.41, 5.74) is 0.588. The molecule has 0 spiro atoms. The van der Waals surface area contributed by atoms with Gasteiger partial charge in [0.1, 0.15) is 6.26 Å². The molecule has 0 radical (unpaired) electrons. The van der Waals surface area contributed by atoms with Crippen molar-refractivity contribution in [1.82, 2.24) is 14.7 Å². The van der Waals surface area contributed by atoms with Crippen molar-refractivity contribution < 1.29 is 14.0 Å². The zero-order valence-corrected chi connectivity index (χ0v) is 15.5. The van der Waals surface area contributed by atoms with E-state index in [1.807, 2.05) is 9.80 Å². The molecule has 4 rings (SSSR count). The summed E-state index contributed by atoms with van der Waals surface area (Å²) in [6, 6.07) is 6.11. The molecule has 6 nitrogen and oxygen atoms in total. The van der Waals surface area contributed by atoms with Crippen LogP contribution in [-0.4, -0.2) is 65.8 Å².